The first kappa shape index (κ1) is 17.3. The van der Waals surface area contributed by atoms with Crippen molar-refractivity contribution in [3.05, 3.63) is 65.4 Å². The highest BCUT2D eigenvalue weighted by Gasteiger charge is 2.14. The van der Waals surface area contributed by atoms with Crippen LogP contribution in [0.25, 0.3) is 10.9 Å². The van der Waals surface area contributed by atoms with Gasteiger partial charge in [0.1, 0.15) is 12.4 Å². The zero-order chi connectivity index (χ0) is 17.8. The molecule has 0 aliphatic carbocycles. The predicted molar refractivity (Wildman–Crippen MR) is 103 cm³/mol. The third-order valence-electron chi connectivity index (χ3n) is 4.50. The van der Waals surface area contributed by atoms with Crippen molar-refractivity contribution >= 4 is 16.7 Å². The maximum atomic E-state index is 12.4. The highest BCUT2D eigenvalue weighted by molar-refractivity contribution is 6.08. The van der Waals surface area contributed by atoms with E-state index in [1.807, 2.05) is 31.3 Å². The number of hydrogen-bond acceptors (Lipinski definition) is 2. The Balaban J connectivity index is 1.79. The molecule has 0 aliphatic rings. The molecule has 0 spiro atoms. The van der Waals surface area contributed by atoms with E-state index in [1.54, 1.807) is 0 Å². The summed E-state index contributed by atoms with van der Waals surface area (Å²) < 4.78 is 8.11. The van der Waals surface area contributed by atoms with Crippen LogP contribution in [0.3, 0.4) is 0 Å². The number of nitrogens with zero attached hydrogens (tertiary/aromatic N) is 1. The molecule has 130 valence electrons. The van der Waals surface area contributed by atoms with Crippen molar-refractivity contribution in [3.8, 4) is 5.75 Å². The van der Waals surface area contributed by atoms with Crippen molar-refractivity contribution in [1.82, 2.24) is 4.57 Å². The zero-order valence-corrected chi connectivity index (χ0v) is 15.2. The molecule has 0 bridgehead atoms. The fourth-order valence-corrected chi connectivity index (χ4v) is 3.13. The second kappa shape index (κ2) is 7.56. The molecule has 3 heteroatoms. The van der Waals surface area contributed by atoms with Crippen LogP contribution >= 0.6 is 0 Å². The van der Waals surface area contributed by atoms with Crippen molar-refractivity contribution in [1.29, 1.82) is 0 Å². The van der Waals surface area contributed by atoms with Crippen LogP contribution in [0.2, 0.25) is 0 Å². The quantitative estimate of drug-likeness (QED) is 0.547. The van der Waals surface area contributed by atoms with Crippen LogP contribution in [0.15, 0.2) is 48.7 Å². The Morgan fingerprint density at radius 1 is 1.12 bits per heavy atom. The summed E-state index contributed by atoms with van der Waals surface area (Å²) in [5, 5.41) is 1.03. The van der Waals surface area contributed by atoms with Crippen LogP contribution < -0.4 is 4.74 Å². The van der Waals surface area contributed by atoms with Gasteiger partial charge in [0, 0.05) is 29.1 Å². The number of Topliss-reactive ketones (excluding diaryl/α,β-unsaturated/α-hetero) is 1. The maximum Gasteiger partial charge on any atom is 0.165 e. The fourth-order valence-electron chi connectivity index (χ4n) is 3.13. The Hall–Kier alpha value is -2.55. The van der Waals surface area contributed by atoms with Gasteiger partial charge < -0.3 is 9.30 Å². The van der Waals surface area contributed by atoms with E-state index < -0.39 is 0 Å². The van der Waals surface area contributed by atoms with Gasteiger partial charge in [-0.25, -0.2) is 0 Å². The average Bonchev–Trinajstić information content (AvgIpc) is 2.97. The minimum Gasteiger partial charge on any atom is -0.491 e. The highest BCUT2D eigenvalue weighted by Crippen LogP contribution is 2.24. The van der Waals surface area contributed by atoms with Crippen molar-refractivity contribution in [2.75, 3.05) is 6.61 Å². The van der Waals surface area contributed by atoms with Gasteiger partial charge in [-0.15, -0.1) is 0 Å². The first-order chi connectivity index (χ1) is 12.1. The Morgan fingerprint density at radius 2 is 1.92 bits per heavy atom. The van der Waals surface area contributed by atoms with Crippen LogP contribution in [0.5, 0.6) is 5.75 Å². The molecule has 0 atom stereocenters. The Bertz CT molecular complexity index is 892. The Morgan fingerprint density at radius 3 is 2.72 bits per heavy atom. The van der Waals surface area contributed by atoms with Gasteiger partial charge in [-0.3, -0.25) is 4.79 Å². The lowest BCUT2D eigenvalue weighted by atomic mass is 10.1. The summed E-state index contributed by atoms with van der Waals surface area (Å²) in [5.41, 5.74) is 4.25. The van der Waals surface area contributed by atoms with Gasteiger partial charge in [0.2, 0.25) is 0 Å². The third-order valence-corrected chi connectivity index (χ3v) is 4.50. The minimum atomic E-state index is 0.216. The summed E-state index contributed by atoms with van der Waals surface area (Å²) in [6, 6.07) is 14.3. The molecule has 3 rings (SSSR count). The van der Waals surface area contributed by atoms with Gasteiger partial charge in [0.05, 0.1) is 6.54 Å². The molecule has 0 saturated carbocycles. The lowest BCUT2D eigenvalue weighted by Gasteiger charge is -2.11. The molecular formula is C22H25NO2. The molecule has 0 N–H and O–H groups in total. The van der Waals surface area contributed by atoms with Gasteiger partial charge in [-0.2, -0.15) is 0 Å². The molecule has 1 heterocycles. The molecule has 3 nitrogen and oxygen atoms in total. The SMILES string of the molecule is CCCC(=O)c1cn(CCOc2cc(C)ccc2C)c2ccccc12. The lowest BCUT2D eigenvalue weighted by molar-refractivity contribution is 0.0983. The van der Waals surface area contributed by atoms with E-state index in [0.29, 0.717) is 19.6 Å². The zero-order valence-electron chi connectivity index (χ0n) is 15.2. The van der Waals surface area contributed by atoms with Crippen molar-refractivity contribution in [2.24, 2.45) is 0 Å². The Labute approximate surface area is 149 Å². The monoisotopic (exact) mass is 335 g/mol. The number of para-hydroxylation sites is 1. The van der Waals surface area contributed by atoms with Gasteiger partial charge in [-0.05, 0) is 43.5 Å². The van der Waals surface area contributed by atoms with Crippen LogP contribution in [-0.4, -0.2) is 17.0 Å². The molecular weight excluding hydrogens is 310 g/mol. The number of ketones is 1. The number of benzene rings is 2. The topological polar surface area (TPSA) is 31.2 Å². The van der Waals surface area contributed by atoms with Gasteiger partial charge in [0.25, 0.3) is 0 Å². The number of aryl methyl sites for hydroxylation is 2. The van der Waals surface area contributed by atoms with Crippen molar-refractivity contribution in [2.45, 2.75) is 40.2 Å². The smallest absolute Gasteiger partial charge is 0.165 e. The summed E-state index contributed by atoms with van der Waals surface area (Å²) in [7, 11) is 0. The molecule has 0 aliphatic heterocycles. The molecule has 1 aromatic heterocycles. The van der Waals surface area contributed by atoms with E-state index in [9.17, 15) is 4.79 Å². The van der Waals surface area contributed by atoms with Gasteiger partial charge in [0.15, 0.2) is 5.78 Å². The highest BCUT2D eigenvalue weighted by atomic mass is 16.5. The van der Waals surface area contributed by atoms with Crippen molar-refractivity contribution < 1.29 is 9.53 Å². The van der Waals surface area contributed by atoms with E-state index in [-0.39, 0.29) is 5.78 Å². The number of carbonyl (C=O) groups is 1. The molecule has 0 unspecified atom stereocenters. The number of carbonyl (C=O) groups excluding carboxylic acids is 1. The molecule has 3 aromatic rings. The maximum absolute atomic E-state index is 12.4. The normalized spacial score (nSPS) is 11.0. The standard InChI is InChI=1S/C22H25NO2/c1-4-7-21(24)19-15-23(20-9-6-5-8-18(19)20)12-13-25-22-14-16(2)10-11-17(22)3/h5-6,8-11,14-15H,4,7,12-13H2,1-3H3. The molecule has 2 aromatic carbocycles. The Kier molecular flexibility index (Phi) is 5.22. The molecule has 0 saturated heterocycles. The van der Waals surface area contributed by atoms with Crippen LogP contribution in [-0.2, 0) is 6.54 Å². The van der Waals surface area contributed by atoms with Gasteiger partial charge >= 0.3 is 0 Å². The second-order valence-electron chi connectivity index (χ2n) is 6.54. The second-order valence-corrected chi connectivity index (χ2v) is 6.54. The number of rotatable bonds is 7. The fraction of sp³-hybridized carbons (Fsp3) is 0.318. The summed E-state index contributed by atoms with van der Waals surface area (Å²) >= 11 is 0. The minimum absolute atomic E-state index is 0.216. The van der Waals surface area contributed by atoms with E-state index in [0.717, 1.165) is 34.2 Å². The summed E-state index contributed by atoms with van der Waals surface area (Å²) in [6.07, 6.45) is 3.44. The van der Waals surface area contributed by atoms with Crippen LogP contribution in [0, 0.1) is 13.8 Å². The van der Waals surface area contributed by atoms with Crippen LogP contribution in [0.1, 0.15) is 41.3 Å². The number of fused-ring (bicyclic) bond motifs is 1. The summed E-state index contributed by atoms with van der Waals surface area (Å²) in [6.45, 7) is 7.45. The van der Waals surface area contributed by atoms with Gasteiger partial charge in [-0.1, -0.05) is 37.3 Å². The largest absolute Gasteiger partial charge is 0.491 e. The first-order valence-electron chi connectivity index (χ1n) is 8.91. The van der Waals surface area contributed by atoms with E-state index in [1.165, 1.54) is 5.56 Å². The number of hydrogen-bond donors (Lipinski definition) is 0. The number of ether oxygens (including phenoxy) is 1. The predicted octanol–water partition coefficient (Wildman–Crippen LogP) is 5.32. The lowest BCUT2D eigenvalue weighted by Crippen LogP contribution is -2.08. The third kappa shape index (κ3) is 3.76. The van der Waals surface area contributed by atoms with Crippen LogP contribution in [0.4, 0.5) is 0 Å². The molecule has 0 amide bonds. The van der Waals surface area contributed by atoms with Crippen molar-refractivity contribution in [3.63, 3.8) is 0 Å². The summed E-state index contributed by atoms with van der Waals surface area (Å²) in [5.74, 6) is 1.15. The first-order valence-corrected chi connectivity index (χ1v) is 8.91. The van der Waals surface area contributed by atoms with E-state index in [2.05, 4.69) is 42.7 Å². The summed E-state index contributed by atoms with van der Waals surface area (Å²) in [4.78, 5) is 12.4. The average molecular weight is 335 g/mol. The number of aromatic nitrogens is 1. The van der Waals surface area contributed by atoms with E-state index >= 15 is 0 Å². The molecule has 25 heavy (non-hydrogen) atoms. The molecule has 0 radical (unpaired) electrons. The molecule has 0 fully saturated rings. The van der Waals surface area contributed by atoms with E-state index in [4.69, 9.17) is 4.74 Å².